The second kappa shape index (κ2) is 15.2. The van der Waals surface area contributed by atoms with Crippen molar-refractivity contribution in [1.82, 2.24) is 0 Å². The van der Waals surface area contributed by atoms with E-state index < -0.39 is 25.5 Å². The van der Waals surface area contributed by atoms with Crippen LogP contribution >= 0.6 is 0 Å². The summed E-state index contributed by atoms with van der Waals surface area (Å²) in [4.78, 5) is 0. The van der Waals surface area contributed by atoms with Crippen LogP contribution in [0.5, 0.6) is 11.5 Å². The van der Waals surface area contributed by atoms with Gasteiger partial charge in [0.15, 0.2) is 0 Å². The molecule has 0 aromatic heterocycles. The third kappa shape index (κ3) is 8.50. The Morgan fingerprint density at radius 3 is 1.40 bits per heavy atom. The van der Waals surface area contributed by atoms with Crippen molar-refractivity contribution in [3.05, 3.63) is 48.0 Å². The number of ether oxygens (including phenoxy) is 1. The maximum Gasteiger partial charge on any atom is 0.131 e. The number of hydrogen-bond acceptors (Lipinski definition) is 3. The summed E-state index contributed by atoms with van der Waals surface area (Å²) in [6, 6.07) is 13.7. The van der Waals surface area contributed by atoms with E-state index in [9.17, 15) is 0 Å². The highest BCUT2D eigenvalue weighted by Crippen LogP contribution is 2.46. The average Bonchev–Trinajstić information content (AvgIpc) is 2.92. The lowest BCUT2D eigenvalue weighted by Crippen LogP contribution is -2.75. The van der Waals surface area contributed by atoms with Crippen LogP contribution in [0.25, 0.3) is 0 Å². The first-order chi connectivity index (χ1) is 19.9. The highest BCUT2D eigenvalue weighted by Gasteiger charge is 2.46. The van der Waals surface area contributed by atoms with Crippen molar-refractivity contribution in [2.75, 3.05) is 11.5 Å². The molecule has 2 aliphatic rings. The summed E-state index contributed by atoms with van der Waals surface area (Å²) < 4.78 is 5.97. The molecule has 0 spiro atoms. The van der Waals surface area contributed by atoms with Crippen molar-refractivity contribution in [2.24, 2.45) is 11.8 Å². The molecular formula is C24H31B15N2O. The van der Waals surface area contributed by atoms with E-state index in [1.807, 2.05) is 12.1 Å². The maximum atomic E-state index is 6.18. The first kappa shape index (κ1) is 33.7. The van der Waals surface area contributed by atoms with Gasteiger partial charge in [-0.05, 0) is 67.2 Å². The van der Waals surface area contributed by atoms with Crippen LogP contribution in [-0.4, -0.2) is 107 Å². The first-order valence-electron chi connectivity index (χ1n) is 15.4. The predicted octanol–water partition coefficient (Wildman–Crippen LogP) is 0.733. The Hall–Kier alpha value is -1.19. The summed E-state index contributed by atoms with van der Waals surface area (Å²) in [7, 11) is 49.4. The van der Waals surface area contributed by atoms with Crippen molar-refractivity contribution >= 4 is 118 Å². The molecule has 2 aliphatic carbocycles. The summed E-state index contributed by atoms with van der Waals surface area (Å²) in [6.45, 7) is -0.134. The topological polar surface area (TPSA) is 61.3 Å². The molecule has 0 atom stereocenters. The van der Waals surface area contributed by atoms with E-state index in [1.165, 1.54) is 31.2 Å². The molecule has 4 rings (SSSR count). The molecular weight excluding hydrogens is 494 g/mol. The van der Waals surface area contributed by atoms with Gasteiger partial charge >= 0.3 is 0 Å². The van der Waals surface area contributed by atoms with Crippen LogP contribution in [0.2, 0.25) is 5.82 Å². The number of benzene rings is 2. The Balaban J connectivity index is 1.32. The van der Waals surface area contributed by atoms with Crippen molar-refractivity contribution in [2.45, 2.75) is 63.1 Å². The van der Waals surface area contributed by atoms with Crippen LogP contribution in [0, 0.1) is 11.8 Å². The lowest BCUT2D eigenvalue weighted by atomic mass is 8.47. The van der Waals surface area contributed by atoms with Gasteiger partial charge in [0.25, 0.3) is 0 Å². The minimum absolute atomic E-state index is 0.134. The lowest BCUT2D eigenvalue weighted by molar-refractivity contribution is 0.186. The summed E-state index contributed by atoms with van der Waals surface area (Å²) in [5.41, 5.74) is 14.3. The van der Waals surface area contributed by atoms with Gasteiger partial charge in [0.05, 0.1) is 0 Å². The molecule has 0 unspecified atom stereocenters. The summed E-state index contributed by atoms with van der Waals surface area (Å²) in [6.07, 6.45) is 5.56. The standard InChI is InChI=1S/C24H31B15N2O/c25-34(26)38(35(27)28)33(39(36(29)30)37(31)32)20-9-5-18(6-10-20)16-1-3-17(4-2-16)19-7-11-23(12-8-19)42-24-14-21(40)13-22(41)15-24/h7-8,11-18,20H,1-6,9-10,40-41H2. The minimum atomic E-state index is -0.709. The Morgan fingerprint density at radius 1 is 0.548 bits per heavy atom. The van der Waals surface area contributed by atoms with E-state index in [4.69, 9.17) is 78.1 Å². The molecule has 18 heteroatoms. The quantitative estimate of drug-likeness (QED) is 0.336. The monoisotopic (exact) mass is 528 g/mol. The van der Waals surface area contributed by atoms with Gasteiger partial charge < -0.3 is 16.2 Å². The number of anilines is 2. The molecule has 0 saturated heterocycles. The Morgan fingerprint density at radius 2 is 0.976 bits per heavy atom. The molecule has 16 radical (unpaired) electrons. The largest absolute Gasteiger partial charge is 0.457 e. The van der Waals surface area contributed by atoms with Crippen LogP contribution in [0.3, 0.4) is 0 Å². The van der Waals surface area contributed by atoms with Gasteiger partial charge in [-0.15, -0.1) is 0 Å². The molecule has 4 N–H and O–H groups in total. The fourth-order valence-electron chi connectivity index (χ4n) is 8.00. The lowest BCUT2D eigenvalue weighted by Gasteiger charge is -2.46. The predicted molar refractivity (Wildman–Crippen MR) is 198 cm³/mol. The molecule has 2 saturated carbocycles. The number of hydrogen-bond donors (Lipinski definition) is 2. The zero-order valence-corrected chi connectivity index (χ0v) is 24.7. The van der Waals surface area contributed by atoms with Crippen molar-refractivity contribution in [1.29, 1.82) is 0 Å². The maximum absolute atomic E-state index is 6.18. The fourth-order valence-corrected chi connectivity index (χ4v) is 8.00. The normalized spacial score (nSPS) is 22.0. The van der Waals surface area contributed by atoms with Crippen molar-refractivity contribution in [3.8, 4) is 11.5 Å². The average molecular weight is 526 g/mol. The molecule has 2 aromatic rings. The number of nitrogens with two attached hydrogens (primary N) is 2. The molecule has 0 heterocycles. The van der Waals surface area contributed by atoms with Crippen LogP contribution in [0.4, 0.5) is 11.4 Å². The highest BCUT2D eigenvalue weighted by atomic mass is 16.5. The Kier molecular flexibility index (Phi) is 12.2. The molecule has 0 aliphatic heterocycles. The zero-order valence-electron chi connectivity index (χ0n) is 24.7. The molecule has 0 amide bonds. The van der Waals surface area contributed by atoms with E-state index >= 15 is 0 Å². The van der Waals surface area contributed by atoms with Gasteiger partial charge in [-0.2, -0.15) is 0 Å². The Labute approximate surface area is 267 Å². The first-order valence-corrected chi connectivity index (χ1v) is 15.4. The van der Waals surface area contributed by atoms with Crippen LogP contribution in [0.1, 0.15) is 62.8 Å². The van der Waals surface area contributed by atoms with Crippen molar-refractivity contribution < 1.29 is 4.74 Å². The third-order valence-corrected chi connectivity index (χ3v) is 10.0. The van der Waals surface area contributed by atoms with Gasteiger partial charge in [0.2, 0.25) is 0 Å². The minimum Gasteiger partial charge on any atom is -0.457 e. The smallest absolute Gasteiger partial charge is 0.131 e. The summed E-state index contributed by atoms with van der Waals surface area (Å²) in [5.74, 6) is 3.67. The summed E-state index contributed by atoms with van der Waals surface area (Å²) >= 11 is 0. The van der Waals surface area contributed by atoms with Crippen LogP contribution in [-0.2, 0) is 0 Å². The molecule has 0 bridgehead atoms. The Bertz CT molecular complexity index is 1070. The SMILES string of the molecule is [B]B([B])B(B([B])[B])B(B(B([B])[B])B([B])[B])C1CCC(C2CCC(c3ccc(Oc4cc(N)cc(N)c4)cc3)CC2)CC1. The molecule has 42 heavy (non-hydrogen) atoms. The molecule has 2 fully saturated rings. The van der Waals surface area contributed by atoms with E-state index in [1.54, 1.807) is 18.2 Å². The molecule has 3 nitrogen and oxygen atoms in total. The van der Waals surface area contributed by atoms with Gasteiger partial charge in [-0.25, -0.2) is 0 Å². The van der Waals surface area contributed by atoms with Gasteiger partial charge in [0, 0.05) is 130 Å². The number of nitrogen functional groups attached to an aromatic ring is 2. The molecule has 2 aromatic carbocycles. The summed E-state index contributed by atoms with van der Waals surface area (Å²) in [5, 5.41) is 0. The van der Waals surface area contributed by atoms with Gasteiger partial charge in [-0.1, -0.05) is 43.6 Å². The number of rotatable bonds is 11. The third-order valence-electron chi connectivity index (χ3n) is 10.0. The zero-order chi connectivity index (χ0) is 30.6. The fraction of sp³-hybridized carbons (Fsp3) is 0.500. The van der Waals surface area contributed by atoms with Gasteiger partial charge in [0.1, 0.15) is 11.5 Å². The van der Waals surface area contributed by atoms with Crippen LogP contribution in [0.15, 0.2) is 42.5 Å². The van der Waals surface area contributed by atoms with E-state index in [0.717, 1.165) is 37.4 Å². The van der Waals surface area contributed by atoms with Gasteiger partial charge in [-0.3, -0.25) is 0 Å². The highest BCUT2D eigenvalue weighted by molar-refractivity contribution is 8.08. The van der Waals surface area contributed by atoms with E-state index in [2.05, 4.69) is 12.1 Å². The van der Waals surface area contributed by atoms with E-state index in [0.29, 0.717) is 29.0 Å². The second-order valence-corrected chi connectivity index (χ2v) is 12.8. The van der Waals surface area contributed by atoms with Crippen LogP contribution < -0.4 is 16.2 Å². The second-order valence-electron chi connectivity index (χ2n) is 12.8. The van der Waals surface area contributed by atoms with E-state index in [-0.39, 0.29) is 25.1 Å². The molecule has 188 valence electrons. The van der Waals surface area contributed by atoms with Crippen molar-refractivity contribution in [3.63, 3.8) is 0 Å².